The van der Waals surface area contributed by atoms with E-state index in [4.69, 9.17) is 4.74 Å². The topological polar surface area (TPSA) is 154 Å². The van der Waals surface area contributed by atoms with Crippen LogP contribution in [0.5, 0.6) is 0 Å². The van der Waals surface area contributed by atoms with Gasteiger partial charge in [0, 0.05) is 25.0 Å². The number of ether oxygens (including phenoxy) is 1. The molecule has 0 aromatic carbocycles. The van der Waals surface area contributed by atoms with Gasteiger partial charge >= 0.3 is 16.3 Å². The van der Waals surface area contributed by atoms with Crippen molar-refractivity contribution in [3.05, 3.63) is 12.2 Å². The fraction of sp³-hybridized carbons (Fsp3) is 0.786. The number of hydrogen-bond donors (Lipinski definition) is 3. The maximum Gasteiger partial charge on any atom is 0.408 e. The van der Waals surface area contributed by atoms with Crippen molar-refractivity contribution in [2.75, 3.05) is 13.1 Å². The van der Waals surface area contributed by atoms with Crippen LogP contribution in [0.25, 0.3) is 0 Å². The van der Waals surface area contributed by atoms with Crippen LogP contribution >= 0.6 is 0 Å². The Morgan fingerprint density at radius 1 is 1.05 bits per heavy atom. The van der Waals surface area contributed by atoms with Gasteiger partial charge in [-0.25, -0.2) is 9.52 Å². The first kappa shape index (κ1) is 31.3. The fourth-order valence-electron chi connectivity index (χ4n) is 6.07. The van der Waals surface area contributed by atoms with Crippen molar-refractivity contribution in [2.45, 2.75) is 121 Å². The van der Waals surface area contributed by atoms with Crippen molar-refractivity contribution in [3.8, 4) is 0 Å². The van der Waals surface area contributed by atoms with Crippen molar-refractivity contribution in [2.24, 2.45) is 5.92 Å². The van der Waals surface area contributed by atoms with Crippen molar-refractivity contribution in [3.63, 3.8) is 0 Å². The van der Waals surface area contributed by atoms with Crippen molar-refractivity contribution >= 4 is 34.0 Å². The van der Waals surface area contributed by atoms with Gasteiger partial charge < -0.3 is 20.3 Å². The predicted octanol–water partition coefficient (Wildman–Crippen LogP) is 2.11. The third-order valence-corrected chi connectivity index (χ3v) is 9.95. The molecule has 0 spiro atoms. The fourth-order valence-corrected chi connectivity index (χ4v) is 7.56. The van der Waals surface area contributed by atoms with Gasteiger partial charge in [-0.2, -0.15) is 12.7 Å². The van der Waals surface area contributed by atoms with E-state index < -0.39 is 51.3 Å². The molecule has 12 nitrogen and oxygen atoms in total. The number of alkyl carbamates (subject to hydrolysis) is 1. The molecule has 2 saturated heterocycles. The molecule has 1 aliphatic carbocycles. The van der Waals surface area contributed by atoms with E-state index in [1.54, 1.807) is 27.7 Å². The minimum atomic E-state index is -4.07. The van der Waals surface area contributed by atoms with Gasteiger partial charge in [-0.05, 0) is 79.1 Å². The summed E-state index contributed by atoms with van der Waals surface area (Å²) < 4.78 is 35.0. The number of amides is 4. The molecule has 5 unspecified atom stereocenters. The molecule has 4 aliphatic rings. The zero-order chi connectivity index (χ0) is 30.0. The first-order chi connectivity index (χ1) is 19.2. The Bertz CT molecular complexity index is 1170. The number of nitrogens with one attached hydrogen (secondary N) is 3. The number of fused-ring (bicyclic) bond motifs is 2. The molecular weight excluding hydrogens is 550 g/mol. The number of carbonyl (C=O) groups is 4. The van der Waals surface area contributed by atoms with Crippen LogP contribution in [-0.4, -0.2) is 83.8 Å². The number of allylic oxidation sites excluding steroid dienone is 1. The summed E-state index contributed by atoms with van der Waals surface area (Å²) in [4.78, 5) is 54.9. The number of rotatable bonds is 4. The first-order valence-electron chi connectivity index (χ1n) is 14.9. The van der Waals surface area contributed by atoms with Crippen LogP contribution in [-0.2, 0) is 29.3 Å². The average Bonchev–Trinajstić information content (AvgIpc) is 3.19. The maximum atomic E-state index is 13.7. The van der Waals surface area contributed by atoms with Gasteiger partial charge in [0.2, 0.25) is 11.8 Å². The van der Waals surface area contributed by atoms with Gasteiger partial charge in [-0.3, -0.25) is 14.4 Å². The van der Waals surface area contributed by atoms with E-state index in [1.807, 2.05) is 12.2 Å². The summed E-state index contributed by atoms with van der Waals surface area (Å²) in [6.07, 6.45) is 9.38. The van der Waals surface area contributed by atoms with Gasteiger partial charge in [-0.1, -0.05) is 25.0 Å². The first-order valence-corrected chi connectivity index (χ1v) is 16.3. The quantitative estimate of drug-likeness (QED) is 0.421. The van der Waals surface area contributed by atoms with Crippen LogP contribution in [0.3, 0.4) is 0 Å². The lowest BCUT2D eigenvalue weighted by Gasteiger charge is -2.31. The van der Waals surface area contributed by atoms with Crippen LogP contribution < -0.4 is 15.4 Å². The molecule has 13 heteroatoms. The Hall–Kier alpha value is -2.67. The van der Waals surface area contributed by atoms with Crippen molar-refractivity contribution < 1.29 is 32.3 Å². The van der Waals surface area contributed by atoms with Crippen LogP contribution in [0.4, 0.5) is 4.79 Å². The van der Waals surface area contributed by atoms with E-state index in [0.29, 0.717) is 38.8 Å². The van der Waals surface area contributed by atoms with Crippen molar-refractivity contribution in [1.29, 1.82) is 0 Å². The summed E-state index contributed by atoms with van der Waals surface area (Å²) >= 11 is 0. The highest BCUT2D eigenvalue weighted by atomic mass is 32.2. The average molecular weight is 596 g/mol. The zero-order valence-corrected chi connectivity index (χ0v) is 25.4. The van der Waals surface area contributed by atoms with Gasteiger partial charge in [0.05, 0.1) is 0 Å². The standard InChI is InChI=1S/C28H45N5O7S/c1-19-12-10-17-33(19)41(38,39)31-25(36)28-18-20(28)13-8-6-5-7-9-14-21(29-26(37)40-27(2,3)4)24(35)32-16-11-15-22(32)23(34)30-28/h8,13,19-22H,5-7,9-12,14-18H2,1-4H3,(H,29,37)(H,30,34)(H,31,36)/b13-8-. The molecule has 1 saturated carbocycles. The highest BCUT2D eigenvalue weighted by Gasteiger charge is 2.61. The Morgan fingerprint density at radius 2 is 1.78 bits per heavy atom. The highest BCUT2D eigenvalue weighted by molar-refractivity contribution is 7.87. The molecule has 0 aromatic heterocycles. The summed E-state index contributed by atoms with van der Waals surface area (Å²) in [6, 6.07) is -1.89. The molecule has 5 atom stereocenters. The molecule has 0 aromatic rings. The Balaban J connectivity index is 1.54. The van der Waals surface area contributed by atoms with Crippen LogP contribution in [0.15, 0.2) is 12.2 Å². The Morgan fingerprint density at radius 3 is 2.46 bits per heavy atom. The molecule has 41 heavy (non-hydrogen) atoms. The van der Waals surface area contributed by atoms with E-state index in [0.717, 1.165) is 32.1 Å². The molecule has 0 bridgehead atoms. The summed E-state index contributed by atoms with van der Waals surface area (Å²) in [5, 5.41) is 5.56. The normalized spacial score (nSPS) is 32.5. The van der Waals surface area contributed by atoms with Gasteiger partial charge in [0.15, 0.2) is 0 Å². The smallest absolute Gasteiger partial charge is 0.408 e. The number of hydrogen-bond acceptors (Lipinski definition) is 7. The van der Waals surface area contributed by atoms with Crippen molar-refractivity contribution in [1.82, 2.24) is 24.6 Å². The minimum absolute atomic E-state index is 0.212. The highest BCUT2D eigenvalue weighted by Crippen LogP contribution is 2.45. The second kappa shape index (κ2) is 12.3. The molecule has 3 N–H and O–H groups in total. The molecule has 3 fully saturated rings. The number of nitrogens with zero attached hydrogens (tertiary/aromatic N) is 2. The van der Waals surface area contributed by atoms with E-state index in [1.165, 1.54) is 9.21 Å². The monoisotopic (exact) mass is 595 g/mol. The van der Waals surface area contributed by atoms with E-state index in [-0.39, 0.29) is 24.3 Å². The summed E-state index contributed by atoms with van der Waals surface area (Å²) in [6.45, 7) is 7.71. The molecule has 3 aliphatic heterocycles. The third kappa shape index (κ3) is 7.40. The zero-order valence-electron chi connectivity index (χ0n) is 24.6. The summed E-state index contributed by atoms with van der Waals surface area (Å²) in [5.74, 6) is -1.98. The maximum absolute atomic E-state index is 13.7. The summed E-state index contributed by atoms with van der Waals surface area (Å²) in [7, 11) is -4.07. The molecular formula is C28H45N5O7S. The lowest BCUT2D eigenvalue weighted by molar-refractivity contribution is -0.141. The lowest BCUT2D eigenvalue weighted by atomic mass is 10.0. The number of carbonyl (C=O) groups excluding carboxylic acids is 4. The largest absolute Gasteiger partial charge is 0.444 e. The Kier molecular flexibility index (Phi) is 9.37. The summed E-state index contributed by atoms with van der Waals surface area (Å²) in [5.41, 5.74) is -2.14. The second-order valence-corrected chi connectivity index (χ2v) is 14.4. The molecule has 230 valence electrons. The minimum Gasteiger partial charge on any atom is -0.444 e. The SMILES string of the molecule is CC1CCCN1S(=O)(=O)NC(=O)C12CC1/C=C\CCCCCC(NC(=O)OC(C)(C)C)C(=O)N1CCCC1C(=O)N2. The van der Waals surface area contributed by atoms with Crippen LogP contribution in [0.1, 0.15) is 91.9 Å². The molecule has 4 rings (SSSR count). The Labute approximate surface area is 243 Å². The molecule has 4 amide bonds. The van der Waals surface area contributed by atoms with Crippen LogP contribution in [0.2, 0.25) is 0 Å². The van der Waals surface area contributed by atoms with E-state index in [9.17, 15) is 27.6 Å². The van der Waals surface area contributed by atoms with Gasteiger partial charge in [-0.15, -0.1) is 0 Å². The molecule has 3 heterocycles. The van der Waals surface area contributed by atoms with Gasteiger partial charge in [0.1, 0.15) is 23.2 Å². The third-order valence-electron chi connectivity index (χ3n) is 8.35. The lowest BCUT2D eigenvalue weighted by Crippen LogP contribution is -2.59. The van der Waals surface area contributed by atoms with Gasteiger partial charge in [0.25, 0.3) is 5.91 Å². The second-order valence-electron chi connectivity index (χ2n) is 12.8. The van der Waals surface area contributed by atoms with E-state index in [2.05, 4.69) is 15.4 Å². The molecule has 0 radical (unpaired) electrons. The van der Waals surface area contributed by atoms with Crippen LogP contribution in [0, 0.1) is 5.92 Å². The van der Waals surface area contributed by atoms with E-state index >= 15 is 0 Å². The predicted molar refractivity (Wildman–Crippen MR) is 152 cm³/mol.